The van der Waals surface area contributed by atoms with Gasteiger partial charge in [0.25, 0.3) is 0 Å². The molecule has 6 nitrogen and oxygen atoms in total. The number of rotatable bonds is 0. The second-order valence-electron chi connectivity index (χ2n) is 3.72. The van der Waals surface area contributed by atoms with E-state index in [4.69, 9.17) is 0 Å². The largest absolute Gasteiger partial charge is 0.367 e. The molecule has 1 aliphatic heterocycles. The molecule has 6 heteroatoms. The number of aliphatic hydroxyl groups excluding tert-OH is 1. The molecule has 0 saturated heterocycles. The molecule has 0 aliphatic carbocycles. The summed E-state index contributed by atoms with van der Waals surface area (Å²) in [4.78, 5) is 0. The Bertz CT molecular complexity index is 469. The van der Waals surface area contributed by atoms with Crippen LogP contribution in [0.4, 0.5) is 0 Å². The summed E-state index contributed by atoms with van der Waals surface area (Å²) in [6, 6.07) is 3.32. The fourth-order valence-corrected chi connectivity index (χ4v) is 1.99. The first kappa shape index (κ1) is 8.63. The van der Waals surface area contributed by atoms with Crippen molar-refractivity contribution in [3.63, 3.8) is 0 Å². The lowest BCUT2D eigenvalue weighted by atomic mass is 10.1. The van der Waals surface area contributed by atoms with Gasteiger partial charge in [0, 0.05) is 12.4 Å². The maximum Gasteiger partial charge on any atom is 0.198 e. The van der Waals surface area contributed by atoms with Crippen LogP contribution in [0, 0.1) is 0 Å². The topological polar surface area (TPSA) is 76.1 Å². The fraction of sp³-hybridized carbons (Fsp3) is 0.333. The van der Waals surface area contributed by atoms with Crippen LogP contribution in [0.2, 0.25) is 0 Å². The Morgan fingerprint density at radius 2 is 2.07 bits per heavy atom. The minimum atomic E-state index is -1.27. The Balaban J connectivity index is 2.33. The quantitative estimate of drug-likeness (QED) is 0.617. The first-order valence-electron chi connectivity index (χ1n) is 4.61. The molecular formula is C9H10N4O2. The Morgan fingerprint density at radius 1 is 1.33 bits per heavy atom. The molecular weight excluding hydrogens is 196 g/mol. The number of fused-ring (bicyclic) bond motifs is 2. The summed E-state index contributed by atoms with van der Waals surface area (Å²) in [5.41, 5.74) is -0.225. The molecule has 1 aliphatic rings. The summed E-state index contributed by atoms with van der Waals surface area (Å²) in [6.45, 7) is 1.61. The zero-order valence-corrected chi connectivity index (χ0v) is 8.07. The Kier molecular flexibility index (Phi) is 1.42. The lowest BCUT2D eigenvalue weighted by Crippen LogP contribution is -2.42. The molecule has 15 heavy (non-hydrogen) atoms. The Labute approximate surface area is 85.4 Å². The van der Waals surface area contributed by atoms with Crippen LogP contribution in [0.25, 0.3) is 0 Å². The van der Waals surface area contributed by atoms with Crippen molar-refractivity contribution in [2.75, 3.05) is 0 Å². The lowest BCUT2D eigenvalue weighted by Gasteiger charge is -2.33. The average Bonchev–Trinajstić information content (AvgIpc) is 2.84. The molecule has 3 heterocycles. The van der Waals surface area contributed by atoms with E-state index >= 15 is 0 Å². The van der Waals surface area contributed by atoms with Crippen LogP contribution < -0.4 is 0 Å². The summed E-state index contributed by atoms with van der Waals surface area (Å²) in [5, 5.41) is 28.2. The number of aromatic nitrogens is 4. The molecule has 0 radical (unpaired) electrons. The molecule has 1 unspecified atom stereocenters. The molecule has 78 valence electrons. The van der Waals surface area contributed by atoms with Crippen LogP contribution >= 0.6 is 0 Å². The molecule has 0 aromatic carbocycles. The standard InChI is InChI=1S/C9H10N4O2/c1-9(15)7-3-5-10-12(7)8(14)6-2-4-11-13(6)9/h2-5,8,14-15H,1H3/t8?,9-/m1/s1. The highest BCUT2D eigenvalue weighted by Crippen LogP contribution is 2.33. The van der Waals surface area contributed by atoms with Gasteiger partial charge < -0.3 is 10.2 Å². The van der Waals surface area contributed by atoms with Crippen LogP contribution in [-0.2, 0) is 5.72 Å². The van der Waals surface area contributed by atoms with E-state index in [9.17, 15) is 10.2 Å². The van der Waals surface area contributed by atoms with E-state index in [1.807, 2.05) is 0 Å². The van der Waals surface area contributed by atoms with Gasteiger partial charge in [-0.15, -0.1) is 0 Å². The van der Waals surface area contributed by atoms with Crippen molar-refractivity contribution in [1.82, 2.24) is 19.6 Å². The maximum atomic E-state index is 10.3. The second kappa shape index (κ2) is 2.47. The third kappa shape index (κ3) is 0.898. The van der Waals surface area contributed by atoms with Crippen molar-refractivity contribution in [3.05, 3.63) is 35.9 Å². The number of nitrogens with zero attached hydrogens (tertiary/aromatic N) is 4. The van der Waals surface area contributed by atoms with Crippen LogP contribution in [0.1, 0.15) is 24.5 Å². The van der Waals surface area contributed by atoms with Gasteiger partial charge in [-0.25, -0.2) is 9.36 Å². The molecule has 0 fully saturated rings. The van der Waals surface area contributed by atoms with Crippen LogP contribution in [-0.4, -0.2) is 29.8 Å². The van der Waals surface area contributed by atoms with E-state index < -0.39 is 12.0 Å². The minimum Gasteiger partial charge on any atom is -0.367 e. The summed E-state index contributed by atoms with van der Waals surface area (Å²) in [7, 11) is 0. The van der Waals surface area contributed by atoms with E-state index in [0.29, 0.717) is 11.4 Å². The summed E-state index contributed by atoms with van der Waals surface area (Å²) < 4.78 is 2.78. The highest BCUT2D eigenvalue weighted by atomic mass is 16.3. The molecule has 0 saturated carbocycles. The highest BCUT2D eigenvalue weighted by Gasteiger charge is 2.39. The Hall–Kier alpha value is -1.66. The van der Waals surface area contributed by atoms with E-state index in [1.165, 1.54) is 9.36 Å². The molecule has 2 atom stereocenters. The van der Waals surface area contributed by atoms with E-state index in [0.717, 1.165) is 0 Å². The van der Waals surface area contributed by atoms with E-state index in [1.54, 1.807) is 31.5 Å². The monoisotopic (exact) mass is 206 g/mol. The third-order valence-corrected chi connectivity index (χ3v) is 2.74. The number of hydrogen-bond acceptors (Lipinski definition) is 4. The van der Waals surface area contributed by atoms with Crippen molar-refractivity contribution in [3.8, 4) is 0 Å². The van der Waals surface area contributed by atoms with Gasteiger partial charge in [-0.05, 0) is 19.1 Å². The molecule has 2 aromatic heterocycles. The van der Waals surface area contributed by atoms with Gasteiger partial charge in [-0.2, -0.15) is 10.2 Å². The number of hydrogen-bond donors (Lipinski definition) is 2. The molecule has 0 spiro atoms. The van der Waals surface area contributed by atoms with Gasteiger partial charge in [0.05, 0.1) is 11.4 Å². The molecule has 0 bridgehead atoms. The predicted molar refractivity (Wildman–Crippen MR) is 49.8 cm³/mol. The van der Waals surface area contributed by atoms with Crippen LogP contribution in [0.5, 0.6) is 0 Å². The lowest BCUT2D eigenvalue weighted by molar-refractivity contribution is -0.0355. The van der Waals surface area contributed by atoms with Gasteiger partial charge in [0.1, 0.15) is 0 Å². The van der Waals surface area contributed by atoms with Gasteiger partial charge in [0.2, 0.25) is 0 Å². The smallest absolute Gasteiger partial charge is 0.198 e. The van der Waals surface area contributed by atoms with Gasteiger partial charge >= 0.3 is 0 Å². The summed E-state index contributed by atoms with van der Waals surface area (Å²) in [6.07, 6.45) is 2.19. The molecule has 3 rings (SSSR count). The van der Waals surface area contributed by atoms with Crippen molar-refractivity contribution < 1.29 is 10.2 Å². The average molecular weight is 206 g/mol. The van der Waals surface area contributed by atoms with Gasteiger partial charge in [-0.1, -0.05) is 0 Å². The van der Waals surface area contributed by atoms with Crippen molar-refractivity contribution >= 4 is 0 Å². The normalized spacial score (nSPS) is 28.6. The fourth-order valence-electron chi connectivity index (χ4n) is 1.99. The van der Waals surface area contributed by atoms with Crippen LogP contribution in [0.15, 0.2) is 24.5 Å². The molecule has 2 N–H and O–H groups in total. The van der Waals surface area contributed by atoms with E-state index in [2.05, 4.69) is 10.2 Å². The van der Waals surface area contributed by atoms with E-state index in [-0.39, 0.29) is 0 Å². The zero-order valence-electron chi connectivity index (χ0n) is 8.07. The van der Waals surface area contributed by atoms with Crippen molar-refractivity contribution in [2.45, 2.75) is 18.9 Å². The highest BCUT2D eigenvalue weighted by molar-refractivity contribution is 5.21. The van der Waals surface area contributed by atoms with Crippen molar-refractivity contribution in [1.29, 1.82) is 0 Å². The van der Waals surface area contributed by atoms with Crippen LogP contribution in [0.3, 0.4) is 0 Å². The summed E-state index contributed by atoms with van der Waals surface area (Å²) >= 11 is 0. The van der Waals surface area contributed by atoms with Crippen molar-refractivity contribution in [2.24, 2.45) is 0 Å². The molecule has 0 amide bonds. The van der Waals surface area contributed by atoms with Gasteiger partial charge in [0.15, 0.2) is 12.0 Å². The summed E-state index contributed by atoms with van der Waals surface area (Å²) in [5.74, 6) is 0. The first-order valence-corrected chi connectivity index (χ1v) is 4.61. The predicted octanol–water partition coefficient (Wildman–Crippen LogP) is -0.355. The maximum absolute atomic E-state index is 10.3. The minimum absolute atomic E-state index is 0.520. The first-order chi connectivity index (χ1) is 7.12. The van der Waals surface area contributed by atoms with Gasteiger partial charge in [-0.3, -0.25) is 0 Å². The SMILES string of the molecule is C[C@@]1(O)c2ccnn2C(O)c2ccnn21. The molecule has 2 aromatic rings. The third-order valence-electron chi connectivity index (χ3n) is 2.74. The zero-order chi connectivity index (χ0) is 10.6. The second-order valence-corrected chi connectivity index (χ2v) is 3.72. The Morgan fingerprint density at radius 3 is 2.87 bits per heavy atom. The number of aliphatic hydroxyl groups is 2.